The fourth-order valence-electron chi connectivity index (χ4n) is 4.80. The lowest BCUT2D eigenvalue weighted by Gasteiger charge is -2.23. The summed E-state index contributed by atoms with van der Waals surface area (Å²) in [6.07, 6.45) is -2.91. The van der Waals surface area contributed by atoms with Gasteiger partial charge in [-0.05, 0) is 77.7 Å². The second-order valence-electron chi connectivity index (χ2n) is 10.2. The molecule has 9 heteroatoms. The SMILES string of the molecule is CCC(C)C(F)(F)Oc1ccc(-c2ccc(-c3ccc(-c4ccc(-c5ccc(OC)cc5)cc4F)c4nsnc34)s2)cc1. The van der Waals surface area contributed by atoms with E-state index >= 15 is 4.39 Å². The maximum absolute atomic E-state index is 15.5. The predicted molar refractivity (Wildman–Crippen MR) is 169 cm³/mol. The Balaban J connectivity index is 1.26. The lowest BCUT2D eigenvalue weighted by atomic mass is 9.97. The van der Waals surface area contributed by atoms with Crippen LogP contribution in [0.15, 0.2) is 91.0 Å². The fraction of sp³-hybridized carbons (Fsp3) is 0.176. The molecule has 218 valence electrons. The van der Waals surface area contributed by atoms with E-state index in [1.54, 1.807) is 55.7 Å². The van der Waals surface area contributed by atoms with Crippen LogP contribution in [0.4, 0.5) is 13.2 Å². The number of hydrogen-bond acceptors (Lipinski definition) is 6. The van der Waals surface area contributed by atoms with Crippen LogP contribution in [0.2, 0.25) is 0 Å². The maximum atomic E-state index is 15.5. The van der Waals surface area contributed by atoms with Gasteiger partial charge in [-0.25, -0.2) is 4.39 Å². The molecule has 2 heterocycles. The Labute approximate surface area is 255 Å². The number of fused-ring (bicyclic) bond motifs is 1. The van der Waals surface area contributed by atoms with E-state index in [2.05, 4.69) is 8.75 Å². The molecule has 0 spiro atoms. The molecule has 0 N–H and O–H groups in total. The molecule has 4 nitrogen and oxygen atoms in total. The molecule has 43 heavy (non-hydrogen) atoms. The summed E-state index contributed by atoms with van der Waals surface area (Å²) in [6, 6.07) is 27.2. The molecule has 0 amide bonds. The Morgan fingerprint density at radius 3 is 1.98 bits per heavy atom. The Morgan fingerprint density at radius 2 is 1.30 bits per heavy atom. The number of thiophene rings is 1. The van der Waals surface area contributed by atoms with E-state index in [1.165, 1.54) is 13.0 Å². The number of rotatable bonds is 9. The number of nitrogens with zero attached hydrogens (tertiary/aromatic N) is 2. The second kappa shape index (κ2) is 11.8. The average molecular weight is 617 g/mol. The second-order valence-corrected chi connectivity index (χ2v) is 11.8. The summed E-state index contributed by atoms with van der Waals surface area (Å²) in [7, 11) is 1.61. The number of alkyl halides is 2. The number of aromatic nitrogens is 2. The van der Waals surface area contributed by atoms with Crippen molar-refractivity contribution in [2.75, 3.05) is 7.11 Å². The van der Waals surface area contributed by atoms with Gasteiger partial charge in [0.1, 0.15) is 28.3 Å². The first-order chi connectivity index (χ1) is 20.8. The molecule has 0 bridgehead atoms. The molecule has 2 aromatic heterocycles. The van der Waals surface area contributed by atoms with Gasteiger partial charge < -0.3 is 9.47 Å². The molecule has 0 saturated carbocycles. The summed E-state index contributed by atoms with van der Waals surface area (Å²) >= 11 is 2.64. The monoisotopic (exact) mass is 616 g/mol. The van der Waals surface area contributed by atoms with Crippen molar-refractivity contribution in [3.05, 3.63) is 96.8 Å². The first-order valence-corrected chi connectivity index (χ1v) is 15.3. The average Bonchev–Trinajstić information content (AvgIpc) is 3.72. The van der Waals surface area contributed by atoms with Crippen LogP contribution in [0.1, 0.15) is 20.3 Å². The van der Waals surface area contributed by atoms with E-state index in [0.29, 0.717) is 28.6 Å². The molecule has 6 aromatic rings. The van der Waals surface area contributed by atoms with Gasteiger partial charge in [0.05, 0.1) is 24.8 Å². The largest absolute Gasteiger partial charge is 0.497 e. The van der Waals surface area contributed by atoms with Gasteiger partial charge >= 0.3 is 6.11 Å². The number of ether oxygens (including phenoxy) is 2. The van der Waals surface area contributed by atoms with Gasteiger partial charge in [0.25, 0.3) is 0 Å². The number of halogens is 3. The van der Waals surface area contributed by atoms with Gasteiger partial charge in [-0.15, -0.1) is 11.3 Å². The van der Waals surface area contributed by atoms with Crippen LogP contribution < -0.4 is 9.47 Å². The molecule has 0 aliphatic rings. The molecule has 4 aromatic carbocycles. The van der Waals surface area contributed by atoms with Gasteiger partial charge in [0, 0.05) is 26.4 Å². The number of hydrogen-bond donors (Lipinski definition) is 0. The molecular weight excluding hydrogens is 590 g/mol. The van der Waals surface area contributed by atoms with Crippen LogP contribution in [0.3, 0.4) is 0 Å². The summed E-state index contributed by atoms with van der Waals surface area (Å²) in [4.78, 5) is 1.94. The Bertz CT molecular complexity index is 1880. The van der Waals surface area contributed by atoms with Crippen LogP contribution in [0.5, 0.6) is 11.5 Å². The van der Waals surface area contributed by atoms with E-state index in [0.717, 1.165) is 49.5 Å². The maximum Gasteiger partial charge on any atom is 0.400 e. The van der Waals surface area contributed by atoms with Gasteiger partial charge in [-0.3, -0.25) is 0 Å². The first-order valence-electron chi connectivity index (χ1n) is 13.7. The van der Waals surface area contributed by atoms with Crippen molar-refractivity contribution in [3.8, 4) is 54.6 Å². The van der Waals surface area contributed by atoms with Gasteiger partial charge in [0.15, 0.2) is 0 Å². The lowest BCUT2D eigenvalue weighted by molar-refractivity contribution is -0.212. The van der Waals surface area contributed by atoms with E-state index < -0.39 is 12.0 Å². The van der Waals surface area contributed by atoms with Crippen molar-refractivity contribution in [1.29, 1.82) is 0 Å². The lowest BCUT2D eigenvalue weighted by Crippen LogP contribution is -2.32. The highest BCUT2D eigenvalue weighted by atomic mass is 32.1. The van der Waals surface area contributed by atoms with Crippen LogP contribution in [0.25, 0.3) is 54.2 Å². The Hall–Kier alpha value is -4.21. The summed E-state index contributed by atoms with van der Waals surface area (Å²) in [5, 5.41) is 0. The van der Waals surface area contributed by atoms with Gasteiger partial charge in [0.2, 0.25) is 0 Å². The van der Waals surface area contributed by atoms with Crippen molar-refractivity contribution < 1.29 is 22.6 Å². The number of methoxy groups -OCH3 is 1. The zero-order valence-corrected chi connectivity index (χ0v) is 25.2. The highest BCUT2D eigenvalue weighted by Crippen LogP contribution is 2.41. The molecule has 1 atom stereocenters. The molecule has 0 aliphatic heterocycles. The van der Waals surface area contributed by atoms with Crippen LogP contribution >= 0.6 is 23.1 Å². The molecule has 6 rings (SSSR count). The smallest absolute Gasteiger partial charge is 0.400 e. The zero-order valence-electron chi connectivity index (χ0n) is 23.6. The molecule has 0 aliphatic carbocycles. The predicted octanol–water partition coefficient (Wildman–Crippen LogP) is 10.6. The van der Waals surface area contributed by atoms with E-state index in [4.69, 9.17) is 9.47 Å². The highest BCUT2D eigenvalue weighted by molar-refractivity contribution is 7.19. The normalized spacial score (nSPS) is 12.4. The first kappa shape index (κ1) is 28.9. The number of benzene rings is 4. The minimum absolute atomic E-state index is 0.126. The Kier molecular flexibility index (Phi) is 7.94. The topological polar surface area (TPSA) is 44.2 Å². The van der Waals surface area contributed by atoms with Crippen LogP contribution in [0, 0.1) is 11.7 Å². The van der Waals surface area contributed by atoms with Crippen molar-refractivity contribution in [2.45, 2.75) is 26.4 Å². The molecule has 0 radical (unpaired) electrons. The fourth-order valence-corrected chi connectivity index (χ4v) is 6.41. The third-order valence-electron chi connectivity index (χ3n) is 7.55. The molecule has 0 saturated heterocycles. The van der Waals surface area contributed by atoms with Crippen molar-refractivity contribution in [3.63, 3.8) is 0 Å². The molecule has 0 fully saturated rings. The summed E-state index contributed by atoms with van der Waals surface area (Å²) in [5.74, 6) is -0.362. The van der Waals surface area contributed by atoms with Crippen molar-refractivity contribution in [1.82, 2.24) is 8.75 Å². The molecule has 1 unspecified atom stereocenters. The summed E-state index contributed by atoms with van der Waals surface area (Å²) < 4.78 is 63.2. The van der Waals surface area contributed by atoms with Crippen molar-refractivity contribution >= 4 is 34.1 Å². The third kappa shape index (κ3) is 5.75. The van der Waals surface area contributed by atoms with E-state index in [9.17, 15) is 8.78 Å². The van der Waals surface area contributed by atoms with E-state index in [-0.39, 0.29) is 11.6 Å². The van der Waals surface area contributed by atoms with Crippen molar-refractivity contribution in [2.24, 2.45) is 5.92 Å². The summed E-state index contributed by atoms with van der Waals surface area (Å²) in [5.41, 5.74) is 5.90. The minimum atomic E-state index is -3.23. The van der Waals surface area contributed by atoms with Gasteiger partial charge in [-0.2, -0.15) is 17.5 Å². The zero-order chi connectivity index (χ0) is 30.1. The van der Waals surface area contributed by atoms with E-state index in [1.807, 2.05) is 54.6 Å². The summed E-state index contributed by atoms with van der Waals surface area (Å²) in [6.45, 7) is 3.18. The molecular formula is C34H27F3N2O2S2. The highest BCUT2D eigenvalue weighted by Gasteiger charge is 2.37. The quantitative estimate of drug-likeness (QED) is 0.162. The Morgan fingerprint density at radius 1 is 0.721 bits per heavy atom. The van der Waals surface area contributed by atoms with Crippen LogP contribution in [-0.2, 0) is 0 Å². The standard InChI is InChI=1S/C34H27F3N2O2S2/c1-4-20(2)34(36,37)41-25-12-7-22(8-13-25)30-17-18-31(42-30)28-16-15-27(32-33(28)39-43-38-32)26-14-9-23(19-29(26)35)21-5-10-24(40-3)11-6-21/h5-20H,4H2,1-3H3. The minimum Gasteiger partial charge on any atom is -0.497 e. The van der Waals surface area contributed by atoms with Crippen LogP contribution in [-0.4, -0.2) is 22.0 Å². The third-order valence-corrected chi connectivity index (χ3v) is 9.24. The van der Waals surface area contributed by atoms with Gasteiger partial charge in [-0.1, -0.05) is 50.2 Å².